The molecule has 0 spiro atoms. The monoisotopic (exact) mass is 525 g/mol. The van der Waals surface area contributed by atoms with Gasteiger partial charge < -0.3 is 15.2 Å². The maximum absolute atomic E-state index is 13.8. The van der Waals surface area contributed by atoms with Crippen molar-refractivity contribution in [3.05, 3.63) is 120 Å². The van der Waals surface area contributed by atoms with Gasteiger partial charge >= 0.3 is 0 Å². The van der Waals surface area contributed by atoms with Crippen LogP contribution in [0.3, 0.4) is 0 Å². The van der Waals surface area contributed by atoms with Crippen molar-refractivity contribution in [3.8, 4) is 11.5 Å². The summed E-state index contributed by atoms with van der Waals surface area (Å²) < 4.78 is 7.40. The third-order valence-electron chi connectivity index (χ3n) is 6.52. The highest BCUT2D eigenvalue weighted by molar-refractivity contribution is 7.07. The van der Waals surface area contributed by atoms with E-state index >= 15 is 0 Å². The second kappa shape index (κ2) is 10.1. The van der Waals surface area contributed by atoms with Crippen LogP contribution >= 0.6 is 11.3 Å². The number of hydrogen-bond donors (Lipinski definition) is 2. The normalized spacial score (nSPS) is 15.2. The second-order valence-corrected chi connectivity index (χ2v) is 10.2. The van der Waals surface area contributed by atoms with E-state index in [-0.39, 0.29) is 17.2 Å². The predicted molar refractivity (Wildman–Crippen MR) is 149 cm³/mol. The molecule has 8 heteroatoms. The lowest BCUT2D eigenvalue weighted by atomic mass is 9.95. The molecule has 0 aliphatic carbocycles. The Bertz CT molecular complexity index is 1750. The van der Waals surface area contributed by atoms with E-state index in [2.05, 4.69) is 10.3 Å². The fourth-order valence-corrected chi connectivity index (χ4v) is 5.63. The Balaban J connectivity index is 1.66. The molecule has 0 fully saturated rings. The summed E-state index contributed by atoms with van der Waals surface area (Å²) in [6, 6.07) is 19.1. The maximum atomic E-state index is 13.8. The highest BCUT2D eigenvalue weighted by atomic mass is 32.1. The number of thiazole rings is 1. The number of nitrogens with one attached hydrogen (secondary N) is 1. The SMILES string of the molecule is COc1ccc([C@@H]2C(C(=O)Nc3ccc(C)cc3C)=C(C)N=c3s/c(=C/c4ccc(O)cc4)c(=O)n32)cc1. The summed E-state index contributed by atoms with van der Waals surface area (Å²) >= 11 is 1.27. The summed E-state index contributed by atoms with van der Waals surface area (Å²) in [5, 5.41) is 12.6. The van der Waals surface area contributed by atoms with E-state index in [1.54, 1.807) is 48.9 Å². The number of hydrogen-bond acceptors (Lipinski definition) is 6. The van der Waals surface area contributed by atoms with E-state index in [0.29, 0.717) is 32.0 Å². The number of carbonyl (C=O) groups is 1. The van der Waals surface area contributed by atoms with Crippen LogP contribution in [0, 0.1) is 13.8 Å². The van der Waals surface area contributed by atoms with Gasteiger partial charge in [0.1, 0.15) is 11.5 Å². The van der Waals surface area contributed by atoms with Crippen molar-refractivity contribution in [1.29, 1.82) is 0 Å². The first kappa shape index (κ1) is 25.2. The number of aryl methyl sites for hydroxylation is 2. The number of carbonyl (C=O) groups excluding carboxylic acids is 1. The van der Waals surface area contributed by atoms with E-state index in [9.17, 15) is 14.7 Å². The largest absolute Gasteiger partial charge is 0.508 e. The van der Waals surface area contributed by atoms with E-state index in [1.165, 1.54) is 11.3 Å². The average molecular weight is 526 g/mol. The number of anilines is 1. The van der Waals surface area contributed by atoms with E-state index < -0.39 is 6.04 Å². The number of allylic oxidation sites excluding steroid dienone is 1. The smallest absolute Gasteiger partial charge is 0.271 e. The van der Waals surface area contributed by atoms with Crippen LogP contribution in [-0.4, -0.2) is 22.7 Å². The quantitative estimate of drug-likeness (QED) is 0.408. The van der Waals surface area contributed by atoms with E-state index in [0.717, 1.165) is 22.3 Å². The lowest BCUT2D eigenvalue weighted by molar-refractivity contribution is -0.113. The molecular formula is C30H27N3O4S. The fraction of sp³-hybridized carbons (Fsp3) is 0.167. The van der Waals surface area contributed by atoms with E-state index in [1.807, 2.05) is 56.3 Å². The zero-order valence-electron chi connectivity index (χ0n) is 21.5. The molecular weight excluding hydrogens is 498 g/mol. The minimum atomic E-state index is -0.676. The molecule has 7 nitrogen and oxygen atoms in total. The number of rotatable bonds is 5. The Labute approximate surface area is 223 Å². The van der Waals surface area contributed by atoms with Crippen LogP contribution in [0.1, 0.15) is 35.2 Å². The number of aromatic hydroxyl groups is 1. The highest BCUT2D eigenvalue weighted by Gasteiger charge is 2.32. The predicted octanol–water partition coefficient (Wildman–Crippen LogP) is 4.20. The van der Waals surface area contributed by atoms with Crippen LogP contribution in [0.2, 0.25) is 0 Å². The molecule has 2 N–H and O–H groups in total. The number of nitrogens with zero attached hydrogens (tertiary/aromatic N) is 2. The third-order valence-corrected chi connectivity index (χ3v) is 7.50. The molecule has 2 heterocycles. The first-order chi connectivity index (χ1) is 18.2. The molecule has 1 amide bonds. The van der Waals surface area contributed by atoms with Gasteiger partial charge in [0.15, 0.2) is 4.80 Å². The number of fused-ring (bicyclic) bond motifs is 1. The first-order valence-electron chi connectivity index (χ1n) is 12.1. The van der Waals surface area contributed by atoms with Gasteiger partial charge in [-0.3, -0.25) is 14.2 Å². The number of aromatic nitrogens is 1. The summed E-state index contributed by atoms with van der Waals surface area (Å²) in [6.07, 6.45) is 1.77. The zero-order chi connectivity index (χ0) is 27.0. The minimum absolute atomic E-state index is 0.151. The average Bonchev–Trinajstić information content (AvgIpc) is 3.20. The topological polar surface area (TPSA) is 92.9 Å². The van der Waals surface area contributed by atoms with Crippen LogP contribution < -0.4 is 24.9 Å². The van der Waals surface area contributed by atoms with Crippen LogP contribution in [0.5, 0.6) is 11.5 Å². The molecule has 1 aliphatic heterocycles. The molecule has 1 aliphatic rings. The summed E-state index contributed by atoms with van der Waals surface area (Å²) in [6.45, 7) is 5.75. The van der Waals surface area contributed by atoms with Crippen LogP contribution in [-0.2, 0) is 4.79 Å². The van der Waals surface area contributed by atoms with Gasteiger partial charge in [-0.05, 0) is 73.9 Å². The van der Waals surface area contributed by atoms with Gasteiger partial charge in [0.05, 0.1) is 29.0 Å². The van der Waals surface area contributed by atoms with Crippen LogP contribution in [0.4, 0.5) is 5.69 Å². The van der Waals surface area contributed by atoms with Crippen molar-refractivity contribution in [2.75, 3.05) is 12.4 Å². The number of methoxy groups -OCH3 is 1. The number of phenolic OH excluding ortho intramolecular Hbond substituents is 1. The van der Waals surface area contributed by atoms with Gasteiger partial charge in [-0.2, -0.15) is 0 Å². The Kier molecular flexibility index (Phi) is 6.73. The number of phenols is 1. The highest BCUT2D eigenvalue weighted by Crippen LogP contribution is 2.32. The van der Waals surface area contributed by atoms with E-state index in [4.69, 9.17) is 4.74 Å². The number of benzene rings is 3. The summed E-state index contributed by atoms with van der Waals surface area (Å²) in [7, 11) is 1.59. The fourth-order valence-electron chi connectivity index (χ4n) is 4.58. The lowest BCUT2D eigenvalue weighted by Gasteiger charge is -2.25. The molecule has 4 aromatic rings. The lowest BCUT2D eigenvalue weighted by Crippen LogP contribution is -2.40. The van der Waals surface area contributed by atoms with Gasteiger partial charge in [0.2, 0.25) is 0 Å². The van der Waals surface area contributed by atoms with Gasteiger partial charge in [-0.15, -0.1) is 0 Å². The van der Waals surface area contributed by atoms with Crippen molar-refractivity contribution < 1.29 is 14.6 Å². The molecule has 3 aromatic carbocycles. The Morgan fingerprint density at radius 2 is 1.76 bits per heavy atom. The zero-order valence-corrected chi connectivity index (χ0v) is 22.3. The van der Waals surface area contributed by atoms with Crippen LogP contribution in [0.15, 0.2) is 87.8 Å². The standard InChI is InChI=1S/C30H27N3O4S/c1-17-5-14-24(18(2)15-17)32-28(35)26-19(3)31-30-33(27(26)21-8-12-23(37-4)13-9-21)29(36)25(38-30)16-20-6-10-22(34)11-7-20/h5-16,27,34H,1-4H3,(H,32,35)/b25-16+/t27-/m1/s1. The summed E-state index contributed by atoms with van der Waals surface area (Å²) in [4.78, 5) is 32.7. The molecule has 1 aromatic heterocycles. The second-order valence-electron chi connectivity index (χ2n) is 9.22. The Hall–Kier alpha value is -4.43. The molecule has 0 radical (unpaired) electrons. The van der Waals surface area contributed by atoms with Crippen molar-refractivity contribution in [1.82, 2.24) is 4.57 Å². The van der Waals surface area contributed by atoms with Gasteiger partial charge in [0, 0.05) is 5.69 Å². The molecule has 0 saturated heterocycles. The summed E-state index contributed by atoms with van der Waals surface area (Å²) in [5.74, 6) is 0.514. The van der Waals surface area contributed by atoms with Crippen molar-refractivity contribution in [3.63, 3.8) is 0 Å². The maximum Gasteiger partial charge on any atom is 0.271 e. The molecule has 38 heavy (non-hydrogen) atoms. The third kappa shape index (κ3) is 4.78. The van der Waals surface area contributed by atoms with Crippen molar-refractivity contribution in [2.45, 2.75) is 26.8 Å². The molecule has 0 unspecified atom stereocenters. The van der Waals surface area contributed by atoms with Gasteiger partial charge in [-0.1, -0.05) is 53.3 Å². The molecule has 5 rings (SSSR count). The molecule has 1 atom stereocenters. The van der Waals surface area contributed by atoms with Gasteiger partial charge in [-0.25, -0.2) is 4.99 Å². The van der Waals surface area contributed by atoms with Crippen molar-refractivity contribution in [2.24, 2.45) is 4.99 Å². The van der Waals surface area contributed by atoms with Gasteiger partial charge in [0.25, 0.3) is 11.5 Å². The molecule has 192 valence electrons. The van der Waals surface area contributed by atoms with Crippen molar-refractivity contribution >= 4 is 29.0 Å². The van der Waals surface area contributed by atoms with Crippen LogP contribution in [0.25, 0.3) is 6.08 Å². The molecule has 0 saturated carbocycles. The Morgan fingerprint density at radius 1 is 1.05 bits per heavy atom. The first-order valence-corrected chi connectivity index (χ1v) is 12.9. The summed E-state index contributed by atoms with van der Waals surface area (Å²) in [5.41, 5.74) is 5.01. The molecule has 0 bridgehead atoms. The Morgan fingerprint density at radius 3 is 2.42 bits per heavy atom. The number of amides is 1. The minimum Gasteiger partial charge on any atom is -0.508 e. The number of ether oxygens (including phenoxy) is 1.